The Morgan fingerprint density at radius 2 is 1.88 bits per heavy atom. The summed E-state index contributed by atoms with van der Waals surface area (Å²) >= 11 is 0. The molecule has 0 spiro atoms. The van der Waals surface area contributed by atoms with Crippen molar-refractivity contribution in [2.75, 3.05) is 0 Å². The third-order valence-corrected chi connectivity index (χ3v) is 4.41. The molecule has 0 radical (unpaired) electrons. The normalized spacial score (nSPS) is 20.5. The van der Waals surface area contributed by atoms with Gasteiger partial charge in [0.1, 0.15) is 5.75 Å². The Bertz CT molecular complexity index is 571. The first-order chi connectivity index (χ1) is 11.5. The van der Waals surface area contributed by atoms with E-state index in [4.69, 9.17) is 4.74 Å². The monoisotopic (exact) mass is 332 g/mol. The molecule has 1 saturated carbocycles. The summed E-state index contributed by atoms with van der Waals surface area (Å²) < 4.78 is 5.72. The predicted molar refractivity (Wildman–Crippen MR) is 93.6 cm³/mol. The summed E-state index contributed by atoms with van der Waals surface area (Å²) in [6.07, 6.45) is 4.42. The van der Waals surface area contributed by atoms with E-state index >= 15 is 0 Å². The molecular formula is C19H28N2O3. The lowest BCUT2D eigenvalue weighted by Gasteiger charge is -2.29. The molecule has 1 aliphatic carbocycles. The van der Waals surface area contributed by atoms with Crippen LogP contribution in [0.5, 0.6) is 5.75 Å². The quantitative estimate of drug-likeness (QED) is 0.815. The van der Waals surface area contributed by atoms with Crippen LogP contribution in [-0.2, 0) is 16.1 Å². The highest BCUT2D eigenvalue weighted by molar-refractivity contribution is 6.35. The summed E-state index contributed by atoms with van der Waals surface area (Å²) in [4.78, 5) is 24.2. The van der Waals surface area contributed by atoms with Gasteiger partial charge in [0, 0.05) is 18.2 Å². The van der Waals surface area contributed by atoms with Crippen molar-refractivity contribution in [3.8, 4) is 5.75 Å². The Labute approximate surface area is 144 Å². The molecule has 5 nitrogen and oxygen atoms in total. The highest BCUT2D eigenvalue weighted by Gasteiger charge is 2.25. The van der Waals surface area contributed by atoms with Gasteiger partial charge in [0.05, 0.1) is 6.10 Å². The van der Waals surface area contributed by atoms with Gasteiger partial charge in [-0.1, -0.05) is 38.0 Å². The lowest BCUT2D eigenvalue weighted by molar-refractivity contribution is -0.140. The molecule has 132 valence electrons. The number of amides is 2. The first-order valence-corrected chi connectivity index (χ1v) is 8.80. The van der Waals surface area contributed by atoms with Crippen LogP contribution in [0, 0.1) is 5.92 Å². The van der Waals surface area contributed by atoms with Gasteiger partial charge in [-0.3, -0.25) is 9.59 Å². The fourth-order valence-corrected chi connectivity index (χ4v) is 3.04. The maximum Gasteiger partial charge on any atom is 0.309 e. The number of rotatable bonds is 5. The molecule has 0 aliphatic heterocycles. The minimum Gasteiger partial charge on any atom is -0.491 e. The molecule has 2 N–H and O–H groups in total. The molecule has 0 heterocycles. The van der Waals surface area contributed by atoms with Crippen LogP contribution in [0.1, 0.15) is 52.0 Å². The largest absolute Gasteiger partial charge is 0.491 e. The zero-order chi connectivity index (χ0) is 17.5. The second-order valence-corrected chi connectivity index (χ2v) is 6.80. The summed E-state index contributed by atoms with van der Waals surface area (Å²) in [5.74, 6) is 0.0212. The van der Waals surface area contributed by atoms with Crippen LogP contribution in [0.25, 0.3) is 0 Å². The average Bonchev–Trinajstić information content (AvgIpc) is 2.55. The summed E-state index contributed by atoms with van der Waals surface area (Å²) in [5.41, 5.74) is 0.860. The van der Waals surface area contributed by atoms with E-state index in [1.54, 1.807) is 0 Å². The van der Waals surface area contributed by atoms with E-state index < -0.39 is 11.8 Å². The van der Waals surface area contributed by atoms with E-state index in [0.717, 1.165) is 30.6 Å². The Balaban J connectivity index is 1.87. The lowest BCUT2D eigenvalue weighted by Crippen LogP contribution is -2.47. The van der Waals surface area contributed by atoms with Crippen LogP contribution in [-0.4, -0.2) is 24.0 Å². The molecule has 0 aromatic heterocycles. The smallest absolute Gasteiger partial charge is 0.309 e. The molecule has 1 aromatic rings. The Kier molecular flexibility index (Phi) is 6.64. The third kappa shape index (κ3) is 5.25. The SMILES string of the molecule is CC(C)Oc1ccccc1CNC(=O)C(=O)N[C@@H]1CCCC[C@H]1C. The first kappa shape index (κ1) is 18.3. The second kappa shape index (κ2) is 8.71. The van der Waals surface area contributed by atoms with Gasteiger partial charge in [-0.05, 0) is 38.7 Å². The summed E-state index contributed by atoms with van der Waals surface area (Å²) in [5, 5.41) is 5.56. The molecule has 24 heavy (non-hydrogen) atoms. The van der Waals surface area contributed by atoms with Gasteiger partial charge in [-0.15, -0.1) is 0 Å². The van der Waals surface area contributed by atoms with Crippen LogP contribution in [0.4, 0.5) is 0 Å². The summed E-state index contributed by atoms with van der Waals surface area (Å²) in [7, 11) is 0. The zero-order valence-electron chi connectivity index (χ0n) is 14.8. The molecule has 1 aliphatic rings. The Morgan fingerprint density at radius 3 is 2.58 bits per heavy atom. The maximum atomic E-state index is 12.1. The maximum absolute atomic E-state index is 12.1. The van der Waals surface area contributed by atoms with Gasteiger partial charge in [0.25, 0.3) is 0 Å². The third-order valence-electron chi connectivity index (χ3n) is 4.41. The number of hydrogen-bond acceptors (Lipinski definition) is 3. The molecule has 2 atom stereocenters. The number of ether oxygens (including phenoxy) is 1. The fraction of sp³-hybridized carbons (Fsp3) is 0.579. The Hall–Kier alpha value is -2.04. The van der Waals surface area contributed by atoms with Crippen molar-refractivity contribution in [2.45, 2.75) is 65.1 Å². The number of benzene rings is 1. The van der Waals surface area contributed by atoms with Crippen LogP contribution in [0.2, 0.25) is 0 Å². The van der Waals surface area contributed by atoms with E-state index in [1.165, 1.54) is 6.42 Å². The number of carbonyl (C=O) groups excluding carboxylic acids is 2. The van der Waals surface area contributed by atoms with Gasteiger partial charge >= 0.3 is 11.8 Å². The van der Waals surface area contributed by atoms with E-state index in [0.29, 0.717) is 5.92 Å². The topological polar surface area (TPSA) is 67.4 Å². The van der Waals surface area contributed by atoms with Crippen LogP contribution in [0.15, 0.2) is 24.3 Å². The minimum atomic E-state index is -0.591. The standard InChI is InChI=1S/C19H28N2O3/c1-13(2)24-17-11-7-5-9-15(17)12-20-18(22)19(23)21-16-10-6-4-8-14(16)3/h5,7,9,11,13-14,16H,4,6,8,10,12H2,1-3H3,(H,20,22)(H,21,23)/t14-,16-/m1/s1. The van der Waals surface area contributed by atoms with Crippen molar-refractivity contribution in [3.63, 3.8) is 0 Å². The van der Waals surface area contributed by atoms with Gasteiger partial charge in [-0.2, -0.15) is 0 Å². The Morgan fingerprint density at radius 1 is 1.17 bits per heavy atom. The van der Waals surface area contributed by atoms with Crippen molar-refractivity contribution in [1.82, 2.24) is 10.6 Å². The van der Waals surface area contributed by atoms with Crippen LogP contribution in [0.3, 0.4) is 0 Å². The highest BCUT2D eigenvalue weighted by Crippen LogP contribution is 2.23. The van der Waals surface area contributed by atoms with Gasteiger partial charge in [0.15, 0.2) is 0 Å². The average molecular weight is 332 g/mol. The minimum absolute atomic E-state index is 0.0536. The van der Waals surface area contributed by atoms with Crippen LogP contribution < -0.4 is 15.4 Å². The van der Waals surface area contributed by atoms with E-state index in [-0.39, 0.29) is 18.7 Å². The molecule has 0 unspecified atom stereocenters. The van der Waals surface area contributed by atoms with Crippen molar-refractivity contribution in [1.29, 1.82) is 0 Å². The van der Waals surface area contributed by atoms with Crippen molar-refractivity contribution in [2.24, 2.45) is 5.92 Å². The molecule has 1 aromatic carbocycles. The molecular weight excluding hydrogens is 304 g/mol. The first-order valence-electron chi connectivity index (χ1n) is 8.80. The van der Waals surface area contributed by atoms with Crippen molar-refractivity contribution >= 4 is 11.8 Å². The highest BCUT2D eigenvalue weighted by atomic mass is 16.5. The molecule has 2 rings (SSSR count). The number of hydrogen-bond donors (Lipinski definition) is 2. The van der Waals surface area contributed by atoms with Crippen molar-refractivity contribution in [3.05, 3.63) is 29.8 Å². The van der Waals surface area contributed by atoms with E-state index in [2.05, 4.69) is 17.6 Å². The molecule has 0 bridgehead atoms. The number of para-hydroxylation sites is 1. The number of nitrogens with one attached hydrogen (secondary N) is 2. The molecule has 0 saturated heterocycles. The van der Waals surface area contributed by atoms with Gasteiger partial charge < -0.3 is 15.4 Å². The van der Waals surface area contributed by atoms with Crippen molar-refractivity contribution < 1.29 is 14.3 Å². The fourth-order valence-electron chi connectivity index (χ4n) is 3.04. The summed E-state index contributed by atoms with van der Waals surface area (Å²) in [6.45, 7) is 6.30. The van der Waals surface area contributed by atoms with E-state index in [1.807, 2.05) is 38.1 Å². The number of carbonyl (C=O) groups is 2. The summed E-state index contributed by atoms with van der Waals surface area (Å²) in [6, 6.07) is 7.64. The molecule has 5 heteroatoms. The zero-order valence-corrected chi connectivity index (χ0v) is 14.8. The van der Waals surface area contributed by atoms with Gasteiger partial charge in [0.2, 0.25) is 0 Å². The molecule has 1 fully saturated rings. The van der Waals surface area contributed by atoms with Crippen LogP contribution >= 0.6 is 0 Å². The van der Waals surface area contributed by atoms with Gasteiger partial charge in [-0.25, -0.2) is 0 Å². The van der Waals surface area contributed by atoms with E-state index in [9.17, 15) is 9.59 Å². The molecule has 2 amide bonds. The second-order valence-electron chi connectivity index (χ2n) is 6.80. The predicted octanol–water partition coefficient (Wildman–Crippen LogP) is 2.78. The lowest BCUT2D eigenvalue weighted by atomic mass is 9.86.